The van der Waals surface area contributed by atoms with Gasteiger partial charge in [0.05, 0.1) is 0 Å². The number of rotatable bonds is 3. The van der Waals surface area contributed by atoms with Crippen molar-refractivity contribution >= 4 is 17.6 Å². The third kappa shape index (κ3) is 3.25. The van der Waals surface area contributed by atoms with Gasteiger partial charge in [0.1, 0.15) is 11.7 Å². The fraction of sp³-hybridized carbons (Fsp3) is 0.500. The Kier molecular flexibility index (Phi) is 4.27. The van der Waals surface area contributed by atoms with Crippen molar-refractivity contribution in [2.45, 2.75) is 42.8 Å². The molecular formula is C14H19FN2S. The molecule has 1 aliphatic carbocycles. The molecule has 1 aliphatic rings. The SMILES string of the molecule is CC1CCCC(Sc2ccc(C(=N)N)cc2F)C1. The van der Waals surface area contributed by atoms with E-state index in [1.807, 2.05) is 0 Å². The minimum Gasteiger partial charge on any atom is -0.384 e. The fourth-order valence-electron chi connectivity index (χ4n) is 2.43. The summed E-state index contributed by atoms with van der Waals surface area (Å²) in [5.74, 6) is 0.401. The van der Waals surface area contributed by atoms with Crippen LogP contribution in [0.2, 0.25) is 0 Å². The van der Waals surface area contributed by atoms with Crippen LogP contribution in [-0.4, -0.2) is 11.1 Å². The third-order valence-corrected chi connectivity index (χ3v) is 4.77. The quantitative estimate of drug-likeness (QED) is 0.646. The number of halogens is 1. The first-order valence-electron chi connectivity index (χ1n) is 6.37. The Labute approximate surface area is 112 Å². The summed E-state index contributed by atoms with van der Waals surface area (Å²) in [5.41, 5.74) is 5.80. The molecule has 1 aromatic rings. The molecule has 1 fully saturated rings. The van der Waals surface area contributed by atoms with Crippen molar-refractivity contribution in [1.82, 2.24) is 0 Å². The zero-order valence-electron chi connectivity index (χ0n) is 10.6. The molecule has 0 aliphatic heterocycles. The zero-order chi connectivity index (χ0) is 13.1. The highest BCUT2D eigenvalue weighted by molar-refractivity contribution is 8.00. The molecule has 0 spiro atoms. The number of thioether (sulfide) groups is 1. The average molecular weight is 266 g/mol. The zero-order valence-corrected chi connectivity index (χ0v) is 11.4. The molecule has 0 amide bonds. The van der Waals surface area contributed by atoms with E-state index in [0.717, 1.165) is 5.92 Å². The van der Waals surface area contributed by atoms with Gasteiger partial charge in [0, 0.05) is 15.7 Å². The number of hydrogen-bond donors (Lipinski definition) is 2. The fourth-order valence-corrected chi connectivity index (χ4v) is 3.82. The molecule has 2 nitrogen and oxygen atoms in total. The van der Waals surface area contributed by atoms with Gasteiger partial charge in [-0.05, 0) is 37.0 Å². The van der Waals surface area contributed by atoms with E-state index < -0.39 is 0 Å². The second kappa shape index (κ2) is 5.74. The second-order valence-electron chi connectivity index (χ2n) is 5.07. The summed E-state index contributed by atoms with van der Waals surface area (Å²) < 4.78 is 13.9. The Morgan fingerprint density at radius 3 is 2.83 bits per heavy atom. The molecule has 98 valence electrons. The Hall–Kier alpha value is -1.03. The van der Waals surface area contributed by atoms with Crippen molar-refractivity contribution in [2.75, 3.05) is 0 Å². The topological polar surface area (TPSA) is 49.9 Å². The molecule has 1 saturated carbocycles. The summed E-state index contributed by atoms with van der Waals surface area (Å²) in [4.78, 5) is 0.680. The summed E-state index contributed by atoms with van der Waals surface area (Å²) >= 11 is 1.63. The number of nitrogen functional groups attached to an aromatic ring is 1. The van der Waals surface area contributed by atoms with Crippen molar-refractivity contribution in [3.63, 3.8) is 0 Å². The first kappa shape index (κ1) is 13.4. The molecule has 2 rings (SSSR count). The summed E-state index contributed by atoms with van der Waals surface area (Å²) in [6.07, 6.45) is 4.87. The lowest BCUT2D eigenvalue weighted by molar-refractivity contribution is 0.394. The first-order valence-corrected chi connectivity index (χ1v) is 7.25. The number of nitrogens with one attached hydrogen (secondary N) is 1. The predicted molar refractivity (Wildman–Crippen MR) is 74.7 cm³/mol. The van der Waals surface area contributed by atoms with E-state index in [4.69, 9.17) is 11.1 Å². The van der Waals surface area contributed by atoms with Crippen LogP contribution in [0.1, 0.15) is 38.2 Å². The lowest BCUT2D eigenvalue weighted by Gasteiger charge is -2.26. The molecule has 0 radical (unpaired) electrons. The largest absolute Gasteiger partial charge is 0.384 e. The second-order valence-corrected chi connectivity index (χ2v) is 6.41. The maximum atomic E-state index is 13.9. The van der Waals surface area contributed by atoms with E-state index in [1.54, 1.807) is 23.9 Å². The Morgan fingerprint density at radius 1 is 1.44 bits per heavy atom. The molecule has 4 heteroatoms. The number of hydrogen-bond acceptors (Lipinski definition) is 2. The molecule has 2 atom stereocenters. The molecule has 0 bridgehead atoms. The van der Waals surface area contributed by atoms with Crippen LogP contribution >= 0.6 is 11.8 Å². The lowest BCUT2D eigenvalue weighted by Crippen LogP contribution is -2.15. The van der Waals surface area contributed by atoms with Crippen LogP contribution in [0.15, 0.2) is 23.1 Å². The van der Waals surface area contributed by atoms with Crippen LogP contribution in [0, 0.1) is 17.1 Å². The average Bonchev–Trinajstić information content (AvgIpc) is 2.31. The molecule has 1 aromatic carbocycles. The van der Waals surface area contributed by atoms with Crippen molar-refractivity contribution in [3.8, 4) is 0 Å². The van der Waals surface area contributed by atoms with Crippen molar-refractivity contribution in [2.24, 2.45) is 11.7 Å². The molecule has 0 aromatic heterocycles. The van der Waals surface area contributed by atoms with E-state index in [-0.39, 0.29) is 11.7 Å². The van der Waals surface area contributed by atoms with Crippen LogP contribution < -0.4 is 5.73 Å². The number of nitrogens with two attached hydrogens (primary N) is 1. The highest BCUT2D eigenvalue weighted by Crippen LogP contribution is 2.37. The standard InChI is InChI=1S/C14H19FN2S/c1-9-3-2-4-11(7-9)18-13-6-5-10(14(16)17)8-12(13)15/h5-6,8-9,11H,2-4,7H2,1H3,(H3,16,17). The smallest absolute Gasteiger partial charge is 0.137 e. The molecule has 2 unspecified atom stereocenters. The van der Waals surface area contributed by atoms with Crippen LogP contribution in [0.3, 0.4) is 0 Å². The molecule has 3 N–H and O–H groups in total. The highest BCUT2D eigenvalue weighted by Gasteiger charge is 2.21. The van der Waals surface area contributed by atoms with Gasteiger partial charge in [-0.3, -0.25) is 5.41 Å². The molecule has 0 heterocycles. The Morgan fingerprint density at radius 2 is 2.22 bits per heavy atom. The third-order valence-electron chi connectivity index (χ3n) is 3.42. The summed E-state index contributed by atoms with van der Waals surface area (Å²) in [7, 11) is 0. The van der Waals surface area contributed by atoms with Gasteiger partial charge < -0.3 is 5.73 Å². The van der Waals surface area contributed by atoms with Gasteiger partial charge >= 0.3 is 0 Å². The maximum absolute atomic E-state index is 13.9. The number of amidine groups is 1. The van der Waals surface area contributed by atoms with Crippen molar-refractivity contribution in [1.29, 1.82) is 5.41 Å². The van der Waals surface area contributed by atoms with Gasteiger partial charge in [-0.1, -0.05) is 19.8 Å². The van der Waals surface area contributed by atoms with Crippen LogP contribution in [0.4, 0.5) is 4.39 Å². The van der Waals surface area contributed by atoms with Crippen molar-refractivity contribution in [3.05, 3.63) is 29.6 Å². The van der Waals surface area contributed by atoms with Gasteiger partial charge in [-0.15, -0.1) is 11.8 Å². The minimum absolute atomic E-state index is 0.0864. The van der Waals surface area contributed by atoms with E-state index in [0.29, 0.717) is 15.7 Å². The summed E-state index contributed by atoms with van der Waals surface area (Å²) in [6.45, 7) is 2.27. The van der Waals surface area contributed by atoms with Crippen LogP contribution in [0.5, 0.6) is 0 Å². The van der Waals surface area contributed by atoms with Gasteiger partial charge in [0.25, 0.3) is 0 Å². The maximum Gasteiger partial charge on any atom is 0.137 e. The molecule has 0 saturated heterocycles. The Balaban J connectivity index is 2.07. The lowest BCUT2D eigenvalue weighted by atomic mass is 9.91. The number of benzene rings is 1. The first-order chi connectivity index (χ1) is 8.56. The van der Waals surface area contributed by atoms with Crippen LogP contribution in [0.25, 0.3) is 0 Å². The molecular weight excluding hydrogens is 247 g/mol. The normalized spacial score (nSPS) is 23.9. The van der Waals surface area contributed by atoms with Gasteiger partial charge in [-0.25, -0.2) is 4.39 Å². The summed E-state index contributed by atoms with van der Waals surface area (Å²) in [6, 6.07) is 4.83. The van der Waals surface area contributed by atoms with E-state index in [9.17, 15) is 4.39 Å². The predicted octanol–water partition coefficient (Wildman–Crippen LogP) is 3.78. The highest BCUT2D eigenvalue weighted by atomic mass is 32.2. The van der Waals surface area contributed by atoms with E-state index in [2.05, 4.69) is 6.92 Å². The summed E-state index contributed by atoms with van der Waals surface area (Å²) in [5, 5.41) is 7.81. The van der Waals surface area contributed by atoms with Gasteiger partial charge in [-0.2, -0.15) is 0 Å². The van der Waals surface area contributed by atoms with E-state index >= 15 is 0 Å². The van der Waals surface area contributed by atoms with Gasteiger partial charge in [0.2, 0.25) is 0 Å². The van der Waals surface area contributed by atoms with Crippen LogP contribution in [-0.2, 0) is 0 Å². The van der Waals surface area contributed by atoms with Crippen molar-refractivity contribution < 1.29 is 4.39 Å². The molecule has 18 heavy (non-hydrogen) atoms. The Bertz CT molecular complexity index is 447. The van der Waals surface area contributed by atoms with Gasteiger partial charge in [0.15, 0.2) is 0 Å². The minimum atomic E-state index is -0.258. The monoisotopic (exact) mass is 266 g/mol. The van der Waals surface area contributed by atoms with E-state index in [1.165, 1.54) is 31.7 Å².